The van der Waals surface area contributed by atoms with Crippen molar-refractivity contribution in [1.29, 1.82) is 0 Å². The molecule has 3 heterocycles. The van der Waals surface area contributed by atoms with Gasteiger partial charge in [-0.15, -0.1) is 0 Å². The predicted molar refractivity (Wildman–Crippen MR) is 187 cm³/mol. The first kappa shape index (κ1) is 32.8. The summed E-state index contributed by atoms with van der Waals surface area (Å²) in [6.45, 7) is 4.96. The molecule has 1 fully saturated rings. The van der Waals surface area contributed by atoms with Crippen LogP contribution in [0.1, 0.15) is 79.0 Å². The number of hydrogen-bond acceptors (Lipinski definition) is 7. The third-order valence-electron chi connectivity index (χ3n) is 9.27. The Morgan fingerprint density at radius 3 is 2.55 bits per heavy atom. The van der Waals surface area contributed by atoms with Gasteiger partial charge in [0.05, 0.1) is 30.3 Å². The van der Waals surface area contributed by atoms with Crippen molar-refractivity contribution in [3.05, 3.63) is 77.1 Å². The Labute approximate surface area is 277 Å². The molecule has 1 N–H and O–H groups in total. The molecule has 10 heteroatoms. The van der Waals surface area contributed by atoms with Gasteiger partial charge in [-0.1, -0.05) is 25.3 Å². The van der Waals surface area contributed by atoms with E-state index in [1.807, 2.05) is 44.4 Å². The van der Waals surface area contributed by atoms with Crippen LogP contribution < -0.4 is 14.2 Å². The van der Waals surface area contributed by atoms with Crippen molar-refractivity contribution in [1.82, 2.24) is 19.2 Å². The highest BCUT2D eigenvalue weighted by molar-refractivity contribution is 7.90. The lowest BCUT2D eigenvalue weighted by atomic mass is 9.81. The largest absolute Gasteiger partial charge is 0.497 e. The van der Waals surface area contributed by atoms with Gasteiger partial charge in [-0.25, -0.2) is 13.1 Å². The molecule has 0 radical (unpaired) electrons. The lowest BCUT2D eigenvalue weighted by Gasteiger charge is -2.24. The summed E-state index contributed by atoms with van der Waals surface area (Å²) in [4.78, 5) is 20.2. The van der Waals surface area contributed by atoms with Gasteiger partial charge in [-0.05, 0) is 106 Å². The Morgan fingerprint density at radius 2 is 1.83 bits per heavy atom. The number of pyridine rings is 1. The average Bonchev–Trinajstić information content (AvgIpc) is 3.27. The molecule has 1 aliphatic carbocycles. The first-order valence-corrected chi connectivity index (χ1v) is 18.0. The molecule has 9 nitrogen and oxygen atoms in total. The lowest BCUT2D eigenvalue weighted by molar-refractivity contribution is 0.0981. The first-order chi connectivity index (χ1) is 22.6. The third-order valence-corrected chi connectivity index (χ3v) is 11.0. The normalized spacial score (nSPS) is 15.3. The molecule has 2 aliphatic rings. The summed E-state index contributed by atoms with van der Waals surface area (Å²) < 4.78 is 41.5. The number of sulfonamides is 1. The maximum atomic E-state index is 13.3. The molecule has 6 rings (SSSR count). The smallest absolute Gasteiger partial charge is 0.264 e. The van der Waals surface area contributed by atoms with Crippen molar-refractivity contribution < 1.29 is 22.7 Å². The number of aromatic nitrogens is 2. The molecule has 1 saturated carbocycles. The van der Waals surface area contributed by atoms with Gasteiger partial charge >= 0.3 is 0 Å². The van der Waals surface area contributed by atoms with Gasteiger partial charge in [0.2, 0.25) is 10.0 Å². The summed E-state index contributed by atoms with van der Waals surface area (Å²) in [5, 5.41) is 0.362. The van der Waals surface area contributed by atoms with Crippen LogP contribution in [0.5, 0.6) is 11.5 Å². The Kier molecular flexibility index (Phi) is 9.43. The fourth-order valence-corrected chi connectivity index (χ4v) is 7.28. The molecule has 0 atom stereocenters. The summed E-state index contributed by atoms with van der Waals surface area (Å²) in [5.74, 6) is 1.25. The van der Waals surface area contributed by atoms with Gasteiger partial charge in [0.25, 0.3) is 5.91 Å². The molecule has 1 amide bonds. The number of allylic oxidation sites excluding steroid dienone is 1. The van der Waals surface area contributed by atoms with Gasteiger partial charge < -0.3 is 18.9 Å². The number of likely N-dealkylation sites (N-methyl/N-ethyl adjacent to an activating group) is 1. The summed E-state index contributed by atoms with van der Waals surface area (Å²) in [6, 6.07) is 15.6. The minimum Gasteiger partial charge on any atom is -0.497 e. The number of methoxy groups -OCH3 is 1. The van der Waals surface area contributed by atoms with Crippen LogP contribution in [0.3, 0.4) is 0 Å². The maximum Gasteiger partial charge on any atom is 0.264 e. The zero-order valence-electron chi connectivity index (χ0n) is 27.9. The maximum absolute atomic E-state index is 13.3. The van der Waals surface area contributed by atoms with Gasteiger partial charge in [0, 0.05) is 40.8 Å². The monoisotopic (exact) mass is 656 g/mol. The number of carbonyl (C=O) groups excluding carboxylic acids is 1. The molecule has 0 unspecified atom stereocenters. The van der Waals surface area contributed by atoms with Crippen molar-refractivity contribution in [2.45, 2.75) is 63.7 Å². The van der Waals surface area contributed by atoms with Crippen molar-refractivity contribution in [2.75, 3.05) is 34.4 Å². The SMILES string of the molecule is COc1ccc2c(c1)C=C(c1cc(OCCN(C)C)ccn1)Cn1c-2c(C2CCCCC2)c2ccc(C(=O)NS(=O)(=O)C(C)C)cc21. The van der Waals surface area contributed by atoms with Crippen LogP contribution in [-0.2, 0) is 16.6 Å². The number of ether oxygens (including phenoxy) is 2. The lowest BCUT2D eigenvalue weighted by Crippen LogP contribution is -2.35. The molecule has 2 aromatic heterocycles. The highest BCUT2D eigenvalue weighted by Crippen LogP contribution is 2.47. The highest BCUT2D eigenvalue weighted by Gasteiger charge is 2.30. The minimum atomic E-state index is -3.79. The summed E-state index contributed by atoms with van der Waals surface area (Å²) >= 11 is 0. The number of nitrogens with one attached hydrogen (secondary N) is 1. The zero-order chi connectivity index (χ0) is 33.3. The van der Waals surface area contributed by atoms with Crippen molar-refractivity contribution in [2.24, 2.45) is 0 Å². The summed E-state index contributed by atoms with van der Waals surface area (Å²) in [5.41, 5.74) is 7.51. The number of nitrogens with zero attached hydrogens (tertiary/aromatic N) is 3. The number of hydrogen-bond donors (Lipinski definition) is 1. The first-order valence-electron chi connectivity index (χ1n) is 16.4. The van der Waals surface area contributed by atoms with E-state index >= 15 is 0 Å². The zero-order valence-corrected chi connectivity index (χ0v) is 28.7. The topological polar surface area (TPSA) is 103 Å². The fraction of sp³-hybridized carbons (Fsp3) is 0.405. The Morgan fingerprint density at radius 1 is 1.04 bits per heavy atom. The van der Waals surface area contributed by atoms with Gasteiger partial charge in [-0.3, -0.25) is 9.78 Å². The van der Waals surface area contributed by atoms with Crippen LogP contribution in [0.4, 0.5) is 0 Å². The van der Waals surface area contributed by atoms with E-state index in [-0.39, 0.29) is 0 Å². The van der Waals surface area contributed by atoms with E-state index in [2.05, 4.69) is 32.4 Å². The molecule has 0 spiro atoms. The van der Waals surface area contributed by atoms with Gasteiger partial charge in [0.1, 0.15) is 18.1 Å². The van der Waals surface area contributed by atoms with E-state index in [0.29, 0.717) is 24.6 Å². The number of benzene rings is 2. The molecule has 4 aromatic rings. The van der Waals surface area contributed by atoms with Gasteiger partial charge in [0.15, 0.2) is 0 Å². The van der Waals surface area contributed by atoms with Crippen LogP contribution in [0, 0.1) is 0 Å². The standard InChI is InChI=1S/C37H44N4O5S/c1-24(2)47(43,44)39-37(42)26-11-13-32-34(21-26)41-23-28(33-22-30(15-16-38-33)46-18-17-40(3)4)19-27-20-29(45-5)12-14-31(27)36(41)35(32)25-9-7-6-8-10-25/h11-16,19-22,24-25H,6-10,17-18,23H2,1-5H3,(H,39,42). The minimum absolute atomic E-state index is 0.302. The van der Waals surface area contributed by atoms with E-state index < -0.39 is 21.2 Å². The van der Waals surface area contributed by atoms with Crippen molar-refractivity contribution in [3.63, 3.8) is 0 Å². The molecule has 1 aliphatic heterocycles. The van der Waals surface area contributed by atoms with Crippen LogP contribution >= 0.6 is 0 Å². The molecule has 47 heavy (non-hydrogen) atoms. The predicted octanol–water partition coefficient (Wildman–Crippen LogP) is 6.72. The number of rotatable bonds is 10. The quantitative estimate of drug-likeness (QED) is 0.202. The van der Waals surface area contributed by atoms with Crippen molar-refractivity contribution >= 4 is 38.5 Å². The van der Waals surface area contributed by atoms with Crippen LogP contribution in [0.2, 0.25) is 0 Å². The van der Waals surface area contributed by atoms with Crippen LogP contribution in [0.15, 0.2) is 54.7 Å². The van der Waals surface area contributed by atoms with Gasteiger partial charge in [-0.2, -0.15) is 0 Å². The highest BCUT2D eigenvalue weighted by atomic mass is 32.2. The molecule has 248 valence electrons. The van der Waals surface area contributed by atoms with E-state index in [4.69, 9.17) is 14.5 Å². The summed E-state index contributed by atoms with van der Waals surface area (Å²) in [6.07, 6.45) is 9.73. The third kappa shape index (κ3) is 6.80. The van der Waals surface area contributed by atoms with E-state index in [1.54, 1.807) is 33.2 Å². The second kappa shape index (κ2) is 13.5. The Hall–Kier alpha value is -4.15. The van der Waals surface area contributed by atoms with E-state index in [1.165, 1.54) is 24.8 Å². The fourth-order valence-electron chi connectivity index (χ4n) is 6.67. The summed E-state index contributed by atoms with van der Waals surface area (Å²) in [7, 11) is 1.92. The van der Waals surface area contributed by atoms with E-state index in [0.717, 1.165) is 69.9 Å². The molecule has 0 saturated heterocycles. The van der Waals surface area contributed by atoms with Crippen LogP contribution in [0.25, 0.3) is 33.8 Å². The second-order valence-corrected chi connectivity index (χ2v) is 15.3. The number of carbonyl (C=O) groups is 1. The average molecular weight is 657 g/mol. The molecule has 2 aromatic carbocycles. The molecular formula is C37H44N4O5S. The molecular weight excluding hydrogens is 612 g/mol. The Balaban J connectivity index is 1.54. The van der Waals surface area contributed by atoms with Crippen LogP contribution in [-0.4, -0.2) is 68.4 Å². The number of amides is 1. The molecule has 0 bridgehead atoms. The second-order valence-electron chi connectivity index (χ2n) is 13.1. The van der Waals surface area contributed by atoms with E-state index in [9.17, 15) is 13.2 Å². The van der Waals surface area contributed by atoms with Crippen molar-refractivity contribution in [3.8, 4) is 22.8 Å². The number of fused-ring (bicyclic) bond motifs is 5. The Bertz CT molecular complexity index is 1940.